The molecule has 0 radical (unpaired) electrons. The van der Waals surface area contributed by atoms with Gasteiger partial charge in [-0.1, -0.05) is 19.9 Å². The highest BCUT2D eigenvalue weighted by Gasteiger charge is 2.13. The fourth-order valence-corrected chi connectivity index (χ4v) is 2.06. The smallest absolute Gasteiger partial charge is 0.182 e. The van der Waals surface area contributed by atoms with E-state index in [2.05, 4.69) is 29.0 Å². The molecular weight excluding hydrogens is 228 g/mol. The highest BCUT2D eigenvalue weighted by atomic mass is 16.3. The average molecular weight is 242 g/mol. The van der Waals surface area contributed by atoms with Crippen LogP contribution in [-0.4, -0.2) is 19.7 Å². The van der Waals surface area contributed by atoms with Crippen LogP contribution in [0.3, 0.4) is 0 Å². The zero-order valence-corrected chi connectivity index (χ0v) is 10.4. The van der Waals surface area contributed by atoms with E-state index in [0.29, 0.717) is 5.92 Å². The van der Waals surface area contributed by atoms with E-state index in [4.69, 9.17) is 4.42 Å². The molecule has 0 fully saturated rings. The van der Waals surface area contributed by atoms with Gasteiger partial charge in [-0.15, -0.1) is 10.2 Å². The first-order valence-corrected chi connectivity index (χ1v) is 5.96. The summed E-state index contributed by atoms with van der Waals surface area (Å²) in [4.78, 5) is 4.25. The summed E-state index contributed by atoms with van der Waals surface area (Å²) < 4.78 is 7.36. The van der Waals surface area contributed by atoms with Gasteiger partial charge in [-0.2, -0.15) is 0 Å². The minimum atomic E-state index is 0.538. The lowest BCUT2D eigenvalue weighted by Crippen LogP contribution is -2.05. The van der Waals surface area contributed by atoms with Crippen molar-refractivity contribution < 1.29 is 4.42 Å². The molecule has 1 aromatic carbocycles. The van der Waals surface area contributed by atoms with Crippen LogP contribution >= 0.6 is 0 Å². The van der Waals surface area contributed by atoms with Crippen molar-refractivity contribution in [2.75, 3.05) is 0 Å². The lowest BCUT2D eigenvalue weighted by Gasteiger charge is -2.09. The molecule has 0 aliphatic rings. The molecular formula is C13H14N4O. The summed E-state index contributed by atoms with van der Waals surface area (Å²) in [7, 11) is 0. The number of benzene rings is 1. The van der Waals surface area contributed by atoms with Crippen LogP contribution < -0.4 is 0 Å². The summed E-state index contributed by atoms with van der Waals surface area (Å²) in [5.74, 6) is 1.37. The van der Waals surface area contributed by atoms with Crippen molar-refractivity contribution in [2.45, 2.75) is 20.4 Å². The number of oxazole rings is 1. The zero-order chi connectivity index (χ0) is 12.5. The highest BCUT2D eigenvalue weighted by molar-refractivity contribution is 5.88. The molecule has 0 aliphatic heterocycles. The van der Waals surface area contributed by atoms with Crippen LogP contribution in [0.2, 0.25) is 0 Å². The van der Waals surface area contributed by atoms with Crippen LogP contribution in [0.1, 0.15) is 13.8 Å². The van der Waals surface area contributed by atoms with E-state index >= 15 is 0 Å². The van der Waals surface area contributed by atoms with Gasteiger partial charge in [0.1, 0.15) is 11.8 Å². The van der Waals surface area contributed by atoms with Gasteiger partial charge in [0.25, 0.3) is 0 Å². The molecule has 0 unspecified atom stereocenters. The van der Waals surface area contributed by atoms with Gasteiger partial charge in [0, 0.05) is 12.1 Å². The topological polar surface area (TPSA) is 56.7 Å². The number of hydrogen-bond donors (Lipinski definition) is 0. The molecule has 5 nitrogen and oxygen atoms in total. The number of para-hydroxylation sites is 1. The number of rotatable bonds is 3. The Morgan fingerprint density at radius 3 is 3.06 bits per heavy atom. The maximum Gasteiger partial charge on any atom is 0.182 e. The summed E-state index contributed by atoms with van der Waals surface area (Å²) in [6, 6.07) is 5.83. The largest absolute Gasteiger partial charge is 0.443 e. The molecule has 2 aromatic heterocycles. The maximum absolute atomic E-state index is 5.31. The van der Waals surface area contributed by atoms with Crippen molar-refractivity contribution in [3.8, 4) is 11.4 Å². The molecule has 92 valence electrons. The fourth-order valence-electron chi connectivity index (χ4n) is 2.06. The lowest BCUT2D eigenvalue weighted by atomic mass is 10.1. The van der Waals surface area contributed by atoms with E-state index in [0.717, 1.165) is 29.0 Å². The molecule has 0 aliphatic carbocycles. The van der Waals surface area contributed by atoms with Crippen LogP contribution in [0.4, 0.5) is 0 Å². The van der Waals surface area contributed by atoms with Crippen LogP contribution in [0.25, 0.3) is 22.5 Å². The Morgan fingerprint density at radius 2 is 2.22 bits per heavy atom. The van der Waals surface area contributed by atoms with Gasteiger partial charge in [-0.05, 0) is 18.1 Å². The van der Waals surface area contributed by atoms with Gasteiger partial charge in [0.05, 0.1) is 0 Å². The van der Waals surface area contributed by atoms with Crippen LogP contribution in [0, 0.1) is 5.92 Å². The molecule has 5 heteroatoms. The normalized spacial score (nSPS) is 11.5. The van der Waals surface area contributed by atoms with Gasteiger partial charge in [0.15, 0.2) is 17.8 Å². The van der Waals surface area contributed by atoms with Crippen LogP contribution in [0.5, 0.6) is 0 Å². The van der Waals surface area contributed by atoms with E-state index in [-0.39, 0.29) is 0 Å². The Bertz CT molecular complexity index is 668. The van der Waals surface area contributed by atoms with Crippen molar-refractivity contribution in [3.63, 3.8) is 0 Å². The molecule has 0 saturated carbocycles. The molecule has 0 spiro atoms. The monoisotopic (exact) mass is 242 g/mol. The van der Waals surface area contributed by atoms with E-state index in [1.807, 2.05) is 22.8 Å². The lowest BCUT2D eigenvalue weighted by molar-refractivity contribution is 0.525. The Kier molecular flexibility index (Phi) is 2.59. The first kappa shape index (κ1) is 11.0. The van der Waals surface area contributed by atoms with Gasteiger partial charge < -0.3 is 8.98 Å². The first-order chi connectivity index (χ1) is 8.75. The van der Waals surface area contributed by atoms with E-state index in [1.54, 1.807) is 6.33 Å². The standard InChI is InChI=1S/C13H14N4O/c1-9(2)6-17-7-15-16-13(17)10-4-3-5-11-12(10)14-8-18-11/h3-5,7-9H,6H2,1-2H3. The van der Waals surface area contributed by atoms with Crippen molar-refractivity contribution in [1.29, 1.82) is 0 Å². The second-order valence-electron chi connectivity index (χ2n) is 4.71. The molecule has 0 N–H and O–H groups in total. The molecule has 3 aromatic rings. The van der Waals surface area contributed by atoms with E-state index < -0.39 is 0 Å². The quantitative estimate of drug-likeness (QED) is 0.708. The number of fused-ring (bicyclic) bond motifs is 1. The minimum Gasteiger partial charge on any atom is -0.443 e. The van der Waals surface area contributed by atoms with E-state index in [9.17, 15) is 0 Å². The van der Waals surface area contributed by atoms with E-state index in [1.165, 1.54) is 6.39 Å². The predicted molar refractivity (Wildman–Crippen MR) is 67.9 cm³/mol. The summed E-state index contributed by atoms with van der Waals surface area (Å²) in [5, 5.41) is 8.20. The van der Waals surface area contributed by atoms with Crippen molar-refractivity contribution in [2.24, 2.45) is 5.92 Å². The van der Waals surface area contributed by atoms with Crippen LogP contribution in [-0.2, 0) is 6.54 Å². The fraction of sp³-hybridized carbons (Fsp3) is 0.308. The zero-order valence-electron chi connectivity index (χ0n) is 10.4. The highest BCUT2D eigenvalue weighted by Crippen LogP contribution is 2.26. The molecule has 0 bridgehead atoms. The Hall–Kier alpha value is -2.17. The van der Waals surface area contributed by atoms with Crippen molar-refractivity contribution in [1.82, 2.24) is 19.7 Å². The van der Waals surface area contributed by atoms with Crippen molar-refractivity contribution >= 4 is 11.1 Å². The molecule has 0 amide bonds. The number of aromatic nitrogens is 4. The third-order valence-corrected chi connectivity index (χ3v) is 2.78. The Labute approximate surface area is 104 Å². The summed E-state index contributed by atoms with van der Waals surface area (Å²) >= 11 is 0. The molecule has 2 heterocycles. The average Bonchev–Trinajstić information content (AvgIpc) is 2.95. The molecule has 0 saturated heterocycles. The maximum atomic E-state index is 5.31. The summed E-state index contributed by atoms with van der Waals surface area (Å²) in [6.45, 7) is 5.22. The third kappa shape index (κ3) is 1.77. The summed E-state index contributed by atoms with van der Waals surface area (Å²) in [5.41, 5.74) is 2.56. The Balaban J connectivity index is 2.14. The SMILES string of the molecule is CC(C)Cn1cnnc1-c1cccc2ocnc12. The third-order valence-electron chi connectivity index (χ3n) is 2.78. The number of hydrogen-bond acceptors (Lipinski definition) is 4. The van der Waals surface area contributed by atoms with Gasteiger partial charge in [-0.3, -0.25) is 0 Å². The Morgan fingerprint density at radius 1 is 1.33 bits per heavy atom. The van der Waals surface area contributed by atoms with Crippen LogP contribution in [0.15, 0.2) is 35.3 Å². The van der Waals surface area contributed by atoms with Crippen molar-refractivity contribution in [3.05, 3.63) is 30.9 Å². The predicted octanol–water partition coefficient (Wildman–Crippen LogP) is 2.74. The van der Waals surface area contributed by atoms with Gasteiger partial charge >= 0.3 is 0 Å². The second kappa shape index (κ2) is 4.25. The number of nitrogens with zero attached hydrogens (tertiary/aromatic N) is 4. The van der Waals surface area contributed by atoms with Gasteiger partial charge in [-0.25, -0.2) is 4.98 Å². The summed E-state index contributed by atoms with van der Waals surface area (Å²) in [6.07, 6.45) is 3.21. The molecule has 3 rings (SSSR count). The second-order valence-corrected chi connectivity index (χ2v) is 4.71. The molecule has 0 atom stereocenters. The molecule has 18 heavy (non-hydrogen) atoms. The van der Waals surface area contributed by atoms with Gasteiger partial charge in [0.2, 0.25) is 0 Å². The minimum absolute atomic E-state index is 0.538. The first-order valence-electron chi connectivity index (χ1n) is 5.96.